The first-order valence-corrected chi connectivity index (χ1v) is 8.79. The molecule has 136 valence electrons. The minimum Gasteiger partial charge on any atom is -0.448 e. The summed E-state index contributed by atoms with van der Waals surface area (Å²) in [5, 5.41) is 1.96. The van der Waals surface area contributed by atoms with Crippen molar-refractivity contribution in [3.05, 3.63) is 35.4 Å². The number of ether oxygens (including phenoxy) is 1. The van der Waals surface area contributed by atoms with Gasteiger partial charge in [-0.1, -0.05) is 45.2 Å². The second-order valence-corrected chi connectivity index (χ2v) is 6.88. The van der Waals surface area contributed by atoms with Crippen molar-refractivity contribution in [3.8, 4) is 0 Å². The molecule has 3 amide bonds. The fourth-order valence-electron chi connectivity index (χ4n) is 3.20. The largest absolute Gasteiger partial charge is 0.448 e. The van der Waals surface area contributed by atoms with Crippen LogP contribution < -0.4 is 11.1 Å². The van der Waals surface area contributed by atoms with Gasteiger partial charge in [0.1, 0.15) is 0 Å². The molecule has 6 nitrogen and oxygen atoms in total. The molecule has 0 aromatic heterocycles. The number of primary amides is 1. The molecule has 1 aliphatic carbocycles. The van der Waals surface area contributed by atoms with Crippen LogP contribution >= 0.6 is 0 Å². The summed E-state index contributed by atoms with van der Waals surface area (Å²) in [4.78, 5) is 35.1. The molecule has 1 aromatic carbocycles. The number of hydrogen-bond donors (Lipinski definition) is 2. The van der Waals surface area contributed by atoms with Gasteiger partial charge in [0.25, 0.3) is 5.91 Å². The van der Waals surface area contributed by atoms with E-state index in [4.69, 9.17) is 10.5 Å². The van der Waals surface area contributed by atoms with E-state index >= 15 is 0 Å². The zero-order valence-electron chi connectivity index (χ0n) is 14.8. The van der Waals surface area contributed by atoms with E-state index in [0.29, 0.717) is 11.5 Å². The number of benzene rings is 1. The van der Waals surface area contributed by atoms with E-state index in [9.17, 15) is 14.4 Å². The molecular formula is C19H26N2O4. The number of amides is 3. The van der Waals surface area contributed by atoms with Gasteiger partial charge in [0.05, 0.1) is 5.56 Å². The number of rotatable bonds is 5. The zero-order chi connectivity index (χ0) is 18.4. The molecule has 1 fully saturated rings. The van der Waals surface area contributed by atoms with Gasteiger partial charge in [0.15, 0.2) is 6.10 Å². The molecule has 1 atom stereocenters. The molecule has 1 saturated carbocycles. The van der Waals surface area contributed by atoms with Crippen LogP contribution in [-0.4, -0.2) is 24.0 Å². The lowest BCUT2D eigenvalue weighted by Gasteiger charge is -2.22. The fourth-order valence-corrected chi connectivity index (χ4v) is 3.20. The van der Waals surface area contributed by atoms with Gasteiger partial charge in [-0.15, -0.1) is 0 Å². The first-order valence-electron chi connectivity index (χ1n) is 8.79. The molecule has 25 heavy (non-hydrogen) atoms. The molecule has 3 N–H and O–H groups in total. The summed E-state index contributed by atoms with van der Waals surface area (Å²) in [6.07, 6.45) is 5.10. The van der Waals surface area contributed by atoms with Crippen LogP contribution in [0.5, 0.6) is 0 Å². The molecule has 0 heterocycles. The first-order chi connectivity index (χ1) is 11.9. The van der Waals surface area contributed by atoms with Crippen molar-refractivity contribution in [2.24, 2.45) is 11.7 Å². The Hall–Kier alpha value is -2.37. The van der Waals surface area contributed by atoms with Crippen molar-refractivity contribution >= 4 is 17.9 Å². The number of carbonyl (C=O) groups is 3. The molecule has 0 spiro atoms. The van der Waals surface area contributed by atoms with Gasteiger partial charge in [0, 0.05) is 0 Å². The Kier molecular flexibility index (Phi) is 6.56. The Balaban J connectivity index is 2.03. The smallest absolute Gasteiger partial charge is 0.338 e. The maximum atomic E-state index is 12.3. The van der Waals surface area contributed by atoms with Crippen LogP contribution in [0.15, 0.2) is 24.3 Å². The summed E-state index contributed by atoms with van der Waals surface area (Å²) in [5.41, 5.74) is 6.57. The quantitative estimate of drug-likeness (QED) is 0.800. The summed E-state index contributed by atoms with van der Waals surface area (Å²) in [5.74, 6) is -1.03. The van der Waals surface area contributed by atoms with Crippen LogP contribution in [0, 0.1) is 5.92 Å². The predicted molar refractivity (Wildman–Crippen MR) is 94.0 cm³/mol. The maximum Gasteiger partial charge on any atom is 0.338 e. The minimum absolute atomic E-state index is 0.287. The third kappa shape index (κ3) is 5.31. The Morgan fingerprint density at radius 2 is 1.68 bits per heavy atom. The predicted octanol–water partition coefficient (Wildman–Crippen LogP) is 3.11. The minimum atomic E-state index is -1.07. The highest BCUT2D eigenvalue weighted by Crippen LogP contribution is 2.32. The van der Waals surface area contributed by atoms with E-state index in [2.05, 4.69) is 0 Å². The summed E-state index contributed by atoms with van der Waals surface area (Å²) in [6, 6.07) is 6.41. The molecule has 0 saturated heterocycles. The van der Waals surface area contributed by atoms with Gasteiger partial charge in [-0.05, 0) is 42.4 Å². The number of carbonyl (C=O) groups excluding carboxylic acids is 3. The molecule has 0 bridgehead atoms. The van der Waals surface area contributed by atoms with Gasteiger partial charge in [-0.2, -0.15) is 0 Å². The first kappa shape index (κ1) is 19.0. The monoisotopic (exact) mass is 346 g/mol. The topological polar surface area (TPSA) is 98.5 Å². The van der Waals surface area contributed by atoms with E-state index in [1.165, 1.54) is 37.7 Å². The third-order valence-corrected chi connectivity index (χ3v) is 4.57. The van der Waals surface area contributed by atoms with Crippen molar-refractivity contribution in [3.63, 3.8) is 0 Å². The van der Waals surface area contributed by atoms with Crippen LogP contribution in [0.1, 0.15) is 67.8 Å². The fraction of sp³-hybridized carbons (Fsp3) is 0.526. The van der Waals surface area contributed by atoms with Crippen LogP contribution in [0.2, 0.25) is 0 Å². The van der Waals surface area contributed by atoms with Crippen molar-refractivity contribution in [1.29, 1.82) is 0 Å². The van der Waals surface area contributed by atoms with Crippen LogP contribution in [0.3, 0.4) is 0 Å². The maximum absolute atomic E-state index is 12.3. The van der Waals surface area contributed by atoms with Crippen molar-refractivity contribution < 1.29 is 19.1 Å². The number of urea groups is 1. The van der Waals surface area contributed by atoms with Gasteiger partial charge in [0.2, 0.25) is 0 Å². The lowest BCUT2D eigenvalue weighted by Crippen LogP contribution is -2.45. The highest BCUT2D eigenvalue weighted by molar-refractivity contribution is 5.98. The number of nitrogens with one attached hydrogen (secondary N) is 1. The third-order valence-electron chi connectivity index (χ3n) is 4.57. The molecular weight excluding hydrogens is 320 g/mol. The Bertz CT molecular complexity index is 619. The molecule has 0 radical (unpaired) electrons. The van der Waals surface area contributed by atoms with E-state index in [-0.39, 0.29) is 5.92 Å². The average molecular weight is 346 g/mol. The summed E-state index contributed by atoms with van der Waals surface area (Å²) in [6.45, 7) is 3.45. The second kappa shape index (κ2) is 8.65. The molecule has 6 heteroatoms. The highest BCUT2D eigenvalue weighted by Gasteiger charge is 2.28. The SMILES string of the molecule is CC(C)[C@@H](OC(=O)c1ccc(C2CCCCC2)cc1)C(=O)NC(N)=O. The zero-order valence-corrected chi connectivity index (χ0v) is 14.8. The van der Waals surface area contributed by atoms with Crippen molar-refractivity contribution in [2.45, 2.75) is 58.0 Å². The summed E-state index contributed by atoms with van der Waals surface area (Å²) in [7, 11) is 0. The molecule has 1 aliphatic rings. The average Bonchev–Trinajstić information content (AvgIpc) is 2.59. The molecule has 0 aliphatic heterocycles. The van der Waals surface area contributed by atoms with E-state index in [0.717, 1.165) is 0 Å². The normalized spacial score (nSPS) is 16.3. The van der Waals surface area contributed by atoms with E-state index < -0.39 is 24.0 Å². The van der Waals surface area contributed by atoms with Gasteiger partial charge in [-0.25, -0.2) is 9.59 Å². The molecule has 1 aromatic rings. The molecule has 2 rings (SSSR count). The number of imide groups is 1. The van der Waals surface area contributed by atoms with Crippen LogP contribution in [-0.2, 0) is 9.53 Å². The lowest BCUT2D eigenvalue weighted by atomic mass is 9.84. The highest BCUT2D eigenvalue weighted by atomic mass is 16.5. The Morgan fingerprint density at radius 3 is 2.20 bits per heavy atom. The summed E-state index contributed by atoms with van der Waals surface area (Å²) >= 11 is 0. The number of nitrogens with two attached hydrogens (primary N) is 1. The van der Waals surface area contributed by atoms with Crippen LogP contribution in [0.25, 0.3) is 0 Å². The standard InChI is InChI=1S/C19H26N2O4/c1-12(2)16(17(22)21-19(20)24)25-18(23)15-10-8-14(9-11-15)13-6-4-3-5-7-13/h8-13,16H,3-7H2,1-2H3,(H3,20,21,22,24)/t16-/m1/s1. The van der Waals surface area contributed by atoms with Crippen molar-refractivity contribution in [1.82, 2.24) is 5.32 Å². The van der Waals surface area contributed by atoms with Gasteiger partial charge >= 0.3 is 12.0 Å². The molecule has 0 unspecified atom stereocenters. The van der Waals surface area contributed by atoms with Gasteiger partial charge < -0.3 is 10.5 Å². The van der Waals surface area contributed by atoms with E-state index in [1.807, 2.05) is 17.4 Å². The van der Waals surface area contributed by atoms with E-state index in [1.54, 1.807) is 26.0 Å². The Morgan fingerprint density at radius 1 is 1.08 bits per heavy atom. The number of esters is 1. The number of hydrogen-bond acceptors (Lipinski definition) is 4. The van der Waals surface area contributed by atoms with Crippen LogP contribution in [0.4, 0.5) is 4.79 Å². The van der Waals surface area contributed by atoms with Gasteiger partial charge in [-0.3, -0.25) is 10.1 Å². The van der Waals surface area contributed by atoms with Crippen molar-refractivity contribution in [2.75, 3.05) is 0 Å². The summed E-state index contributed by atoms with van der Waals surface area (Å²) < 4.78 is 5.29. The Labute approximate surface area is 148 Å². The second-order valence-electron chi connectivity index (χ2n) is 6.88. The lowest BCUT2D eigenvalue weighted by molar-refractivity contribution is -0.130.